The number of rotatable bonds is 5. The second-order valence-electron chi connectivity index (χ2n) is 9.84. The molecule has 0 bridgehead atoms. The van der Waals surface area contributed by atoms with Crippen LogP contribution in [0.5, 0.6) is 0 Å². The maximum absolute atomic E-state index is 13.1. The number of fused-ring (bicyclic) bond motifs is 1. The van der Waals surface area contributed by atoms with Crippen molar-refractivity contribution in [2.75, 3.05) is 23.3 Å². The summed E-state index contributed by atoms with van der Waals surface area (Å²) in [5, 5.41) is 22.7. The van der Waals surface area contributed by atoms with Crippen molar-refractivity contribution in [3.63, 3.8) is 0 Å². The maximum Gasteiger partial charge on any atom is 0.339 e. The monoisotopic (exact) mass is 459 g/mol. The van der Waals surface area contributed by atoms with Crippen LogP contribution in [0.25, 0.3) is 11.0 Å². The molecule has 2 heterocycles. The van der Waals surface area contributed by atoms with Gasteiger partial charge < -0.3 is 19.7 Å². The Morgan fingerprint density at radius 2 is 1.94 bits per heavy atom. The summed E-state index contributed by atoms with van der Waals surface area (Å²) in [7, 11) is 0. The van der Waals surface area contributed by atoms with Crippen molar-refractivity contribution < 1.29 is 14.3 Å². The number of aryl methyl sites for hydroxylation is 1. The van der Waals surface area contributed by atoms with Crippen molar-refractivity contribution in [1.29, 1.82) is 5.26 Å². The predicted octanol–water partition coefficient (Wildman–Crippen LogP) is 5.47. The molecule has 1 atom stereocenters. The first kappa shape index (κ1) is 23.4. The molecule has 7 nitrogen and oxygen atoms in total. The van der Waals surface area contributed by atoms with Gasteiger partial charge in [0.25, 0.3) is 0 Å². The van der Waals surface area contributed by atoms with E-state index in [0.29, 0.717) is 22.5 Å². The quantitative estimate of drug-likeness (QED) is 0.521. The van der Waals surface area contributed by atoms with Gasteiger partial charge in [0.15, 0.2) is 11.3 Å². The molecule has 0 radical (unpaired) electrons. The van der Waals surface area contributed by atoms with Gasteiger partial charge in [-0.05, 0) is 55.9 Å². The Bertz CT molecular complexity index is 1360. The summed E-state index contributed by atoms with van der Waals surface area (Å²) in [6.45, 7) is 9.94. The molecule has 2 N–H and O–H groups in total. The summed E-state index contributed by atoms with van der Waals surface area (Å²) in [6, 6.07) is 11.6. The van der Waals surface area contributed by atoms with Gasteiger partial charge in [-0.15, -0.1) is 0 Å². The summed E-state index contributed by atoms with van der Waals surface area (Å²) in [5.41, 5.74) is 2.67. The Balaban J connectivity index is 1.77. The lowest BCUT2D eigenvalue weighted by Crippen LogP contribution is -2.37. The number of nitrogens with one attached hydrogen (secondary N) is 1. The highest BCUT2D eigenvalue weighted by atomic mass is 16.4. The molecule has 1 aromatic heterocycles. The fraction of sp³-hybridized carbons (Fsp3) is 0.370. The molecular formula is C27H29N3O4. The second-order valence-corrected chi connectivity index (χ2v) is 9.84. The Labute approximate surface area is 198 Å². The van der Waals surface area contributed by atoms with Crippen LogP contribution in [0.15, 0.2) is 45.6 Å². The second kappa shape index (κ2) is 8.86. The Kier molecular flexibility index (Phi) is 6.09. The lowest BCUT2D eigenvalue weighted by molar-refractivity contribution is 0.0697. The lowest BCUT2D eigenvalue weighted by Gasteiger charge is -2.37. The topological polar surface area (TPSA) is 107 Å². The first-order valence-electron chi connectivity index (χ1n) is 11.5. The van der Waals surface area contributed by atoms with Gasteiger partial charge in [0.1, 0.15) is 17.2 Å². The number of carboxylic acids is 1. The van der Waals surface area contributed by atoms with Crippen LogP contribution in [0, 0.1) is 23.7 Å². The van der Waals surface area contributed by atoms with Crippen LogP contribution in [-0.2, 0) is 0 Å². The van der Waals surface area contributed by atoms with Crippen LogP contribution in [0.2, 0.25) is 0 Å². The first-order valence-corrected chi connectivity index (χ1v) is 11.5. The minimum absolute atomic E-state index is 0.0770. The van der Waals surface area contributed by atoms with E-state index in [2.05, 4.69) is 24.1 Å². The molecule has 2 aromatic carbocycles. The van der Waals surface area contributed by atoms with Crippen LogP contribution in [0.4, 0.5) is 11.6 Å². The molecule has 176 valence electrons. The van der Waals surface area contributed by atoms with Gasteiger partial charge >= 0.3 is 5.97 Å². The van der Waals surface area contributed by atoms with E-state index >= 15 is 0 Å². The molecule has 0 spiro atoms. The summed E-state index contributed by atoms with van der Waals surface area (Å²) >= 11 is 0. The van der Waals surface area contributed by atoms with Crippen molar-refractivity contribution >= 4 is 28.5 Å². The zero-order valence-corrected chi connectivity index (χ0v) is 19.9. The van der Waals surface area contributed by atoms with Crippen molar-refractivity contribution in [3.05, 3.63) is 68.9 Å². The average Bonchev–Trinajstić information content (AvgIpc) is 2.78. The third-order valence-corrected chi connectivity index (χ3v) is 6.65. The highest BCUT2D eigenvalue weighted by Gasteiger charge is 2.27. The van der Waals surface area contributed by atoms with Gasteiger partial charge in [-0.3, -0.25) is 4.79 Å². The van der Waals surface area contributed by atoms with Crippen LogP contribution >= 0.6 is 0 Å². The van der Waals surface area contributed by atoms with E-state index in [-0.39, 0.29) is 28.0 Å². The number of hydrogen-bond acceptors (Lipinski definition) is 6. The van der Waals surface area contributed by atoms with Crippen molar-refractivity contribution in [2.24, 2.45) is 5.41 Å². The van der Waals surface area contributed by atoms with E-state index in [0.717, 1.165) is 37.1 Å². The number of hydrogen-bond donors (Lipinski definition) is 2. The number of anilines is 2. The molecule has 1 aliphatic heterocycles. The van der Waals surface area contributed by atoms with E-state index < -0.39 is 5.97 Å². The lowest BCUT2D eigenvalue weighted by atomic mass is 9.83. The molecule has 0 saturated carbocycles. The Morgan fingerprint density at radius 1 is 1.24 bits per heavy atom. The summed E-state index contributed by atoms with van der Waals surface area (Å²) in [6.07, 6.45) is 2.03. The predicted molar refractivity (Wildman–Crippen MR) is 133 cm³/mol. The van der Waals surface area contributed by atoms with Crippen LogP contribution < -0.4 is 15.6 Å². The van der Waals surface area contributed by atoms with Gasteiger partial charge in [-0.1, -0.05) is 26.0 Å². The minimum atomic E-state index is -1.18. The first-order chi connectivity index (χ1) is 16.1. The molecule has 4 rings (SSSR count). The van der Waals surface area contributed by atoms with Crippen molar-refractivity contribution in [3.8, 4) is 6.07 Å². The number of aromatic carboxylic acids is 1. The maximum atomic E-state index is 13.1. The third-order valence-electron chi connectivity index (χ3n) is 6.65. The van der Waals surface area contributed by atoms with Crippen LogP contribution in [0.1, 0.15) is 66.7 Å². The zero-order valence-electron chi connectivity index (χ0n) is 19.9. The number of nitriles is 1. The Morgan fingerprint density at radius 3 is 2.59 bits per heavy atom. The third kappa shape index (κ3) is 4.49. The fourth-order valence-corrected chi connectivity index (χ4v) is 4.54. The number of carbonyl (C=O) groups is 1. The number of carboxylic acid groups (broad SMARTS) is 1. The SMILES string of the molecule is Cc1cc([C@@H](C)Nc2cccc(C#N)c2C(=O)O)c2oc(N3CCC(C)(C)CC3)cc(=O)c2c1. The van der Waals surface area contributed by atoms with Crippen molar-refractivity contribution in [1.82, 2.24) is 0 Å². The molecule has 1 aliphatic rings. The van der Waals surface area contributed by atoms with Gasteiger partial charge in [0.05, 0.1) is 22.7 Å². The standard InChI is InChI=1S/C27H29N3O4/c1-16-12-19(17(2)29-21-7-5-6-18(15-28)24(21)26(32)33)25-20(13-16)22(31)14-23(34-25)30-10-8-27(3,4)9-11-30/h5-7,12-14,17,29H,8-11H2,1-4H3,(H,32,33)/t17-/m1/s1. The molecular weight excluding hydrogens is 430 g/mol. The van der Waals surface area contributed by atoms with Gasteiger partial charge in [0.2, 0.25) is 0 Å². The number of nitrogens with zero attached hydrogens (tertiary/aromatic N) is 2. The summed E-state index contributed by atoms with van der Waals surface area (Å²) in [5.74, 6) is -0.620. The van der Waals surface area contributed by atoms with Crippen LogP contribution in [-0.4, -0.2) is 24.2 Å². The number of piperidine rings is 1. The fourth-order valence-electron chi connectivity index (χ4n) is 4.54. The van der Waals surface area contributed by atoms with Crippen LogP contribution in [0.3, 0.4) is 0 Å². The molecule has 7 heteroatoms. The van der Waals surface area contributed by atoms with Gasteiger partial charge in [0, 0.05) is 24.7 Å². The van der Waals surface area contributed by atoms with E-state index in [1.165, 1.54) is 6.07 Å². The van der Waals surface area contributed by atoms with Gasteiger partial charge in [-0.2, -0.15) is 5.26 Å². The van der Waals surface area contributed by atoms with Crippen molar-refractivity contribution in [2.45, 2.75) is 46.6 Å². The van der Waals surface area contributed by atoms with E-state index in [4.69, 9.17) is 4.42 Å². The summed E-state index contributed by atoms with van der Waals surface area (Å²) < 4.78 is 6.34. The smallest absolute Gasteiger partial charge is 0.339 e. The average molecular weight is 460 g/mol. The largest absolute Gasteiger partial charge is 0.478 e. The van der Waals surface area contributed by atoms with E-state index in [1.807, 2.05) is 32.0 Å². The molecule has 1 saturated heterocycles. The minimum Gasteiger partial charge on any atom is -0.478 e. The molecule has 1 fully saturated rings. The van der Waals surface area contributed by atoms with E-state index in [9.17, 15) is 20.0 Å². The molecule has 0 aliphatic carbocycles. The molecule has 3 aromatic rings. The van der Waals surface area contributed by atoms with E-state index in [1.54, 1.807) is 18.2 Å². The molecule has 0 amide bonds. The highest BCUT2D eigenvalue weighted by molar-refractivity contribution is 5.97. The number of benzene rings is 2. The van der Waals surface area contributed by atoms with Gasteiger partial charge in [-0.25, -0.2) is 4.79 Å². The normalized spacial score (nSPS) is 16.1. The molecule has 0 unspecified atom stereocenters. The molecule has 34 heavy (non-hydrogen) atoms. The highest BCUT2D eigenvalue weighted by Crippen LogP contribution is 2.35. The Hall–Kier alpha value is -3.79. The zero-order chi connectivity index (χ0) is 24.6. The summed E-state index contributed by atoms with van der Waals surface area (Å²) in [4.78, 5) is 27.0.